The van der Waals surface area contributed by atoms with E-state index in [0.717, 1.165) is 5.69 Å². The van der Waals surface area contributed by atoms with Crippen LogP contribution in [-0.2, 0) is 10.8 Å². The Bertz CT molecular complexity index is 1010. The standard InChI is InChI=1S/C27H31N/c1-18(2)21-13-12-20(19-10-8-7-9-11-19)14-22(21)25-15-23-24(16-28-25)27(5,6)17-26(23,3)4/h7-16,18H,17H2,1-6H3. The summed E-state index contributed by atoms with van der Waals surface area (Å²) in [4.78, 5) is 4.96. The molecule has 1 heteroatoms. The van der Waals surface area contributed by atoms with Gasteiger partial charge in [-0.2, -0.15) is 0 Å². The molecule has 0 fully saturated rings. The first-order valence-electron chi connectivity index (χ1n) is 10.4. The molecule has 3 aromatic rings. The predicted octanol–water partition coefficient (Wildman–Crippen LogP) is 7.50. The smallest absolute Gasteiger partial charge is 0.0708 e. The van der Waals surface area contributed by atoms with E-state index in [-0.39, 0.29) is 10.8 Å². The summed E-state index contributed by atoms with van der Waals surface area (Å²) in [6, 6.07) is 19.8. The zero-order valence-electron chi connectivity index (χ0n) is 18.0. The average Bonchev–Trinajstić information content (AvgIpc) is 2.85. The Kier molecular flexibility index (Phi) is 4.45. The maximum Gasteiger partial charge on any atom is 0.0708 e. The fraction of sp³-hybridized carbons (Fsp3) is 0.370. The van der Waals surface area contributed by atoms with Crippen LogP contribution in [0.2, 0.25) is 0 Å². The van der Waals surface area contributed by atoms with Crippen molar-refractivity contribution in [3.8, 4) is 22.4 Å². The van der Waals surface area contributed by atoms with Crippen molar-refractivity contribution in [3.63, 3.8) is 0 Å². The predicted molar refractivity (Wildman–Crippen MR) is 120 cm³/mol. The van der Waals surface area contributed by atoms with Gasteiger partial charge in [-0.1, -0.05) is 84.0 Å². The molecule has 4 rings (SSSR count). The van der Waals surface area contributed by atoms with Crippen molar-refractivity contribution in [2.75, 3.05) is 0 Å². The van der Waals surface area contributed by atoms with Gasteiger partial charge in [0, 0.05) is 11.8 Å². The van der Waals surface area contributed by atoms with Crippen molar-refractivity contribution < 1.29 is 0 Å². The van der Waals surface area contributed by atoms with Crippen molar-refractivity contribution in [3.05, 3.63) is 77.5 Å². The van der Waals surface area contributed by atoms with Gasteiger partial charge in [0.1, 0.15) is 0 Å². The summed E-state index contributed by atoms with van der Waals surface area (Å²) < 4.78 is 0. The zero-order chi connectivity index (χ0) is 20.1. The Balaban J connectivity index is 1.89. The summed E-state index contributed by atoms with van der Waals surface area (Å²) in [7, 11) is 0. The van der Waals surface area contributed by atoms with Crippen molar-refractivity contribution >= 4 is 0 Å². The summed E-state index contributed by atoms with van der Waals surface area (Å²) in [6.07, 6.45) is 3.31. The molecule has 0 amide bonds. The van der Waals surface area contributed by atoms with Crippen molar-refractivity contribution in [1.29, 1.82) is 0 Å². The van der Waals surface area contributed by atoms with Crippen LogP contribution in [0.25, 0.3) is 22.4 Å². The van der Waals surface area contributed by atoms with Crippen LogP contribution in [-0.4, -0.2) is 4.98 Å². The summed E-state index contributed by atoms with van der Waals surface area (Å²) in [5.41, 5.74) is 9.48. The molecule has 1 aliphatic carbocycles. The molecule has 1 aromatic heterocycles. The van der Waals surface area contributed by atoms with Gasteiger partial charge in [-0.25, -0.2) is 0 Å². The summed E-state index contributed by atoms with van der Waals surface area (Å²) in [6.45, 7) is 14.0. The number of hydrogen-bond donors (Lipinski definition) is 0. The minimum absolute atomic E-state index is 0.186. The van der Waals surface area contributed by atoms with E-state index in [1.165, 1.54) is 39.8 Å². The molecule has 0 saturated heterocycles. The maximum atomic E-state index is 4.96. The second-order valence-corrected chi connectivity index (χ2v) is 9.88. The molecule has 28 heavy (non-hydrogen) atoms. The third kappa shape index (κ3) is 3.17. The fourth-order valence-electron chi connectivity index (χ4n) is 5.09. The number of hydrogen-bond acceptors (Lipinski definition) is 1. The van der Waals surface area contributed by atoms with Crippen LogP contribution >= 0.6 is 0 Å². The largest absolute Gasteiger partial charge is 0.256 e. The summed E-state index contributed by atoms with van der Waals surface area (Å²) in [5, 5.41) is 0. The van der Waals surface area contributed by atoms with E-state index < -0.39 is 0 Å². The monoisotopic (exact) mass is 369 g/mol. The van der Waals surface area contributed by atoms with Crippen LogP contribution in [0.1, 0.15) is 70.6 Å². The van der Waals surface area contributed by atoms with Crippen LogP contribution in [0.3, 0.4) is 0 Å². The molecule has 144 valence electrons. The molecular formula is C27H31N. The average molecular weight is 370 g/mol. The van der Waals surface area contributed by atoms with Gasteiger partial charge in [-0.05, 0) is 63.1 Å². The molecule has 1 nitrogen and oxygen atoms in total. The molecule has 0 saturated carbocycles. The maximum absolute atomic E-state index is 4.96. The first-order valence-corrected chi connectivity index (χ1v) is 10.4. The number of aromatic nitrogens is 1. The van der Waals surface area contributed by atoms with E-state index in [2.05, 4.69) is 102 Å². The molecule has 2 aromatic carbocycles. The van der Waals surface area contributed by atoms with E-state index in [1.54, 1.807) is 0 Å². The number of pyridine rings is 1. The molecule has 0 bridgehead atoms. The zero-order valence-corrected chi connectivity index (χ0v) is 18.0. The Morgan fingerprint density at radius 2 is 1.46 bits per heavy atom. The first-order chi connectivity index (χ1) is 13.2. The van der Waals surface area contributed by atoms with E-state index in [9.17, 15) is 0 Å². The van der Waals surface area contributed by atoms with Gasteiger partial charge in [0.05, 0.1) is 5.69 Å². The van der Waals surface area contributed by atoms with Gasteiger partial charge in [0.25, 0.3) is 0 Å². The SMILES string of the molecule is CC(C)c1ccc(-c2ccccc2)cc1-c1cc2c(cn1)C(C)(C)CC2(C)C. The van der Waals surface area contributed by atoms with E-state index in [1.807, 2.05) is 0 Å². The van der Waals surface area contributed by atoms with E-state index in [0.29, 0.717) is 5.92 Å². The highest BCUT2D eigenvalue weighted by molar-refractivity contribution is 5.75. The molecule has 1 heterocycles. The molecule has 0 atom stereocenters. The van der Waals surface area contributed by atoms with Crippen LogP contribution in [0, 0.1) is 0 Å². The third-order valence-electron chi connectivity index (χ3n) is 6.30. The lowest BCUT2D eigenvalue weighted by molar-refractivity contribution is 0.403. The summed E-state index contributed by atoms with van der Waals surface area (Å²) >= 11 is 0. The van der Waals surface area contributed by atoms with Gasteiger partial charge in [0.2, 0.25) is 0 Å². The lowest BCUT2D eigenvalue weighted by Gasteiger charge is -2.22. The lowest BCUT2D eigenvalue weighted by atomic mass is 9.82. The van der Waals surface area contributed by atoms with E-state index in [4.69, 9.17) is 4.98 Å². The Hall–Kier alpha value is -2.41. The number of rotatable bonds is 3. The number of nitrogens with zero attached hydrogens (tertiary/aromatic N) is 1. The van der Waals surface area contributed by atoms with Gasteiger partial charge >= 0.3 is 0 Å². The highest BCUT2D eigenvalue weighted by Gasteiger charge is 2.42. The molecule has 0 aliphatic heterocycles. The molecule has 0 radical (unpaired) electrons. The normalized spacial score (nSPS) is 17.0. The van der Waals surface area contributed by atoms with Crippen LogP contribution in [0.15, 0.2) is 60.8 Å². The van der Waals surface area contributed by atoms with Gasteiger partial charge in [0.15, 0.2) is 0 Å². The molecule has 0 spiro atoms. The molecular weight excluding hydrogens is 338 g/mol. The van der Waals surface area contributed by atoms with Crippen molar-refractivity contribution in [2.24, 2.45) is 0 Å². The van der Waals surface area contributed by atoms with Crippen molar-refractivity contribution in [2.45, 2.75) is 64.7 Å². The first kappa shape index (κ1) is 18.9. The second-order valence-electron chi connectivity index (χ2n) is 9.88. The number of benzene rings is 2. The number of fused-ring (bicyclic) bond motifs is 1. The molecule has 0 unspecified atom stereocenters. The highest BCUT2D eigenvalue weighted by Crippen LogP contribution is 2.50. The Morgan fingerprint density at radius 3 is 2.14 bits per heavy atom. The highest BCUT2D eigenvalue weighted by atomic mass is 14.7. The van der Waals surface area contributed by atoms with Crippen LogP contribution in [0.4, 0.5) is 0 Å². The topological polar surface area (TPSA) is 12.9 Å². The lowest BCUT2D eigenvalue weighted by Crippen LogP contribution is -2.17. The Morgan fingerprint density at radius 1 is 0.786 bits per heavy atom. The van der Waals surface area contributed by atoms with Crippen LogP contribution < -0.4 is 0 Å². The van der Waals surface area contributed by atoms with Gasteiger partial charge in [-0.3, -0.25) is 4.98 Å². The van der Waals surface area contributed by atoms with Gasteiger partial charge in [-0.15, -0.1) is 0 Å². The third-order valence-corrected chi connectivity index (χ3v) is 6.30. The fourth-order valence-corrected chi connectivity index (χ4v) is 5.09. The molecule has 1 aliphatic rings. The van der Waals surface area contributed by atoms with Crippen molar-refractivity contribution in [1.82, 2.24) is 4.98 Å². The second kappa shape index (κ2) is 6.58. The van der Waals surface area contributed by atoms with Crippen LogP contribution in [0.5, 0.6) is 0 Å². The minimum Gasteiger partial charge on any atom is -0.256 e. The summed E-state index contributed by atoms with van der Waals surface area (Å²) in [5.74, 6) is 0.458. The molecule has 0 N–H and O–H groups in total. The quantitative estimate of drug-likeness (QED) is 0.466. The Labute approximate surface area is 169 Å². The minimum atomic E-state index is 0.186. The van der Waals surface area contributed by atoms with E-state index >= 15 is 0 Å². The van der Waals surface area contributed by atoms with Gasteiger partial charge < -0.3 is 0 Å².